The van der Waals surface area contributed by atoms with E-state index < -0.39 is 5.54 Å². The summed E-state index contributed by atoms with van der Waals surface area (Å²) >= 11 is 0. The second kappa shape index (κ2) is 4.69. The molecule has 0 aliphatic heterocycles. The van der Waals surface area contributed by atoms with E-state index in [-0.39, 0.29) is 5.91 Å². The molecule has 0 spiro atoms. The second-order valence-corrected chi connectivity index (χ2v) is 5.55. The summed E-state index contributed by atoms with van der Waals surface area (Å²) in [5, 5.41) is 0. The number of rotatable bonds is 4. The number of aromatic nitrogens is 1. The molecule has 1 aliphatic carbocycles. The first-order valence-electron chi connectivity index (χ1n) is 6.42. The van der Waals surface area contributed by atoms with Gasteiger partial charge >= 0.3 is 0 Å². The minimum Gasteiger partial charge on any atom is -0.338 e. The zero-order valence-corrected chi connectivity index (χ0v) is 11.3. The van der Waals surface area contributed by atoms with Crippen LogP contribution in [-0.2, 0) is 11.3 Å². The van der Waals surface area contributed by atoms with Gasteiger partial charge in [0.1, 0.15) is 0 Å². The Morgan fingerprint density at radius 1 is 1.50 bits per heavy atom. The summed E-state index contributed by atoms with van der Waals surface area (Å²) in [6, 6.07) is 4.05. The van der Waals surface area contributed by atoms with Crippen molar-refractivity contribution >= 4 is 5.91 Å². The highest BCUT2D eigenvalue weighted by Crippen LogP contribution is 2.34. The number of carbonyl (C=O) groups excluding carboxylic acids is 1. The molecule has 0 bridgehead atoms. The Hall–Kier alpha value is -1.42. The van der Waals surface area contributed by atoms with Gasteiger partial charge in [-0.2, -0.15) is 0 Å². The van der Waals surface area contributed by atoms with Crippen LogP contribution in [0.15, 0.2) is 18.3 Å². The molecule has 18 heavy (non-hydrogen) atoms. The third kappa shape index (κ3) is 2.70. The monoisotopic (exact) mass is 247 g/mol. The van der Waals surface area contributed by atoms with Crippen LogP contribution in [0.25, 0.3) is 0 Å². The highest BCUT2D eigenvalue weighted by Gasteiger charge is 2.47. The van der Waals surface area contributed by atoms with E-state index in [1.807, 2.05) is 12.3 Å². The molecule has 1 saturated carbocycles. The summed E-state index contributed by atoms with van der Waals surface area (Å²) in [4.78, 5) is 18.0. The van der Waals surface area contributed by atoms with Gasteiger partial charge in [-0.25, -0.2) is 0 Å². The number of pyridine rings is 1. The molecule has 2 N–H and O–H groups in total. The fourth-order valence-electron chi connectivity index (χ4n) is 1.91. The number of amides is 1. The molecule has 1 fully saturated rings. The summed E-state index contributed by atoms with van der Waals surface area (Å²) in [7, 11) is 1.79. The number of nitrogens with two attached hydrogens (primary N) is 1. The van der Waals surface area contributed by atoms with Crippen molar-refractivity contribution in [3.05, 3.63) is 29.6 Å². The predicted octanol–water partition coefficient (Wildman–Crippen LogP) is 1.65. The normalized spacial score (nSPS) is 16.7. The molecule has 1 aliphatic rings. The van der Waals surface area contributed by atoms with Crippen LogP contribution in [0.2, 0.25) is 0 Å². The van der Waals surface area contributed by atoms with Gasteiger partial charge in [0.25, 0.3) is 0 Å². The lowest BCUT2D eigenvalue weighted by molar-refractivity contribution is -0.132. The first kappa shape index (κ1) is 13.0. The zero-order chi connectivity index (χ0) is 13.3. The zero-order valence-electron chi connectivity index (χ0n) is 11.3. The van der Waals surface area contributed by atoms with Crippen molar-refractivity contribution in [2.75, 3.05) is 7.05 Å². The van der Waals surface area contributed by atoms with E-state index in [0.29, 0.717) is 12.5 Å². The minimum atomic E-state index is -0.591. The Labute approximate surface area is 108 Å². The topological polar surface area (TPSA) is 59.2 Å². The summed E-state index contributed by atoms with van der Waals surface area (Å²) in [6.07, 6.45) is 3.49. The van der Waals surface area contributed by atoms with Gasteiger partial charge in [-0.15, -0.1) is 0 Å². The van der Waals surface area contributed by atoms with Gasteiger partial charge in [-0.1, -0.05) is 19.9 Å². The van der Waals surface area contributed by atoms with Crippen LogP contribution in [0.3, 0.4) is 0 Å². The van der Waals surface area contributed by atoms with E-state index in [1.165, 1.54) is 5.56 Å². The molecular weight excluding hydrogens is 226 g/mol. The van der Waals surface area contributed by atoms with E-state index in [0.717, 1.165) is 18.5 Å². The van der Waals surface area contributed by atoms with Crippen molar-refractivity contribution in [3.63, 3.8) is 0 Å². The van der Waals surface area contributed by atoms with Crippen molar-refractivity contribution in [2.45, 2.75) is 44.7 Å². The van der Waals surface area contributed by atoms with Crippen LogP contribution in [0.1, 0.15) is 43.9 Å². The lowest BCUT2D eigenvalue weighted by atomic mass is 10.1. The third-order valence-electron chi connectivity index (χ3n) is 3.47. The Morgan fingerprint density at radius 3 is 2.61 bits per heavy atom. The largest absolute Gasteiger partial charge is 0.338 e. The number of likely N-dealkylation sites (N-methyl/N-ethyl adjacent to an activating group) is 1. The van der Waals surface area contributed by atoms with E-state index in [2.05, 4.69) is 24.9 Å². The SMILES string of the molecule is CC(C)c1ccc(CN(C)C(=O)C2(N)CC2)nc1. The maximum absolute atomic E-state index is 12.0. The van der Waals surface area contributed by atoms with E-state index in [1.54, 1.807) is 11.9 Å². The minimum absolute atomic E-state index is 0.0252. The van der Waals surface area contributed by atoms with E-state index in [9.17, 15) is 4.79 Å². The van der Waals surface area contributed by atoms with E-state index >= 15 is 0 Å². The molecule has 1 aromatic heterocycles. The Bertz CT molecular complexity index is 435. The molecule has 0 unspecified atom stereocenters. The van der Waals surface area contributed by atoms with Gasteiger partial charge in [0.05, 0.1) is 17.8 Å². The van der Waals surface area contributed by atoms with Crippen molar-refractivity contribution in [3.8, 4) is 0 Å². The smallest absolute Gasteiger partial charge is 0.242 e. The molecule has 4 nitrogen and oxygen atoms in total. The van der Waals surface area contributed by atoms with Crippen molar-refractivity contribution in [1.29, 1.82) is 0 Å². The molecule has 1 amide bonds. The van der Waals surface area contributed by atoms with Crippen LogP contribution in [0.4, 0.5) is 0 Å². The Kier molecular flexibility index (Phi) is 3.39. The Morgan fingerprint density at radius 2 is 2.17 bits per heavy atom. The summed E-state index contributed by atoms with van der Waals surface area (Å²) < 4.78 is 0. The summed E-state index contributed by atoms with van der Waals surface area (Å²) in [5.41, 5.74) is 7.42. The van der Waals surface area contributed by atoms with Crippen molar-refractivity contribution in [1.82, 2.24) is 9.88 Å². The summed E-state index contributed by atoms with van der Waals surface area (Å²) in [6.45, 7) is 4.80. The fraction of sp³-hybridized carbons (Fsp3) is 0.571. The standard InChI is InChI=1S/C14H21N3O/c1-10(2)11-4-5-12(16-8-11)9-17(3)13(18)14(15)6-7-14/h4-5,8,10H,6-7,9,15H2,1-3H3. The Balaban J connectivity index is 1.98. The van der Waals surface area contributed by atoms with Gasteiger partial charge in [0.15, 0.2) is 0 Å². The maximum atomic E-state index is 12.0. The van der Waals surface area contributed by atoms with Crippen molar-refractivity contribution < 1.29 is 4.79 Å². The predicted molar refractivity (Wildman–Crippen MR) is 71.0 cm³/mol. The fourth-order valence-corrected chi connectivity index (χ4v) is 1.91. The molecule has 2 rings (SSSR count). The van der Waals surface area contributed by atoms with Gasteiger partial charge in [-0.05, 0) is 30.4 Å². The number of hydrogen-bond acceptors (Lipinski definition) is 3. The average molecular weight is 247 g/mol. The van der Waals surface area contributed by atoms with Crippen LogP contribution in [0.5, 0.6) is 0 Å². The van der Waals surface area contributed by atoms with Gasteiger partial charge in [0, 0.05) is 13.2 Å². The van der Waals surface area contributed by atoms with Gasteiger partial charge in [-0.3, -0.25) is 9.78 Å². The molecule has 1 heterocycles. The maximum Gasteiger partial charge on any atom is 0.242 e. The van der Waals surface area contributed by atoms with Crippen LogP contribution in [0, 0.1) is 0 Å². The van der Waals surface area contributed by atoms with E-state index in [4.69, 9.17) is 5.73 Å². The van der Waals surface area contributed by atoms with Gasteiger partial charge < -0.3 is 10.6 Å². The van der Waals surface area contributed by atoms with Crippen LogP contribution < -0.4 is 5.73 Å². The second-order valence-electron chi connectivity index (χ2n) is 5.55. The third-order valence-corrected chi connectivity index (χ3v) is 3.47. The lowest BCUT2D eigenvalue weighted by Gasteiger charge is -2.20. The number of nitrogens with zero attached hydrogens (tertiary/aromatic N) is 2. The first-order valence-corrected chi connectivity index (χ1v) is 6.42. The molecule has 1 aromatic rings. The lowest BCUT2D eigenvalue weighted by Crippen LogP contribution is -2.43. The van der Waals surface area contributed by atoms with Crippen molar-refractivity contribution in [2.24, 2.45) is 5.73 Å². The van der Waals surface area contributed by atoms with Crippen LogP contribution in [-0.4, -0.2) is 28.4 Å². The number of carbonyl (C=O) groups is 1. The summed E-state index contributed by atoms with van der Waals surface area (Å²) in [5.74, 6) is 0.502. The molecule has 4 heteroatoms. The van der Waals surface area contributed by atoms with Gasteiger partial charge in [0.2, 0.25) is 5.91 Å². The molecule has 0 radical (unpaired) electrons. The quantitative estimate of drug-likeness (QED) is 0.880. The average Bonchev–Trinajstić information content (AvgIpc) is 3.08. The molecule has 98 valence electrons. The highest BCUT2D eigenvalue weighted by molar-refractivity contribution is 5.88. The molecule has 0 atom stereocenters. The molecule has 0 aromatic carbocycles. The molecular formula is C14H21N3O. The molecule has 0 saturated heterocycles. The first-order chi connectivity index (χ1) is 8.42. The van der Waals surface area contributed by atoms with Crippen LogP contribution >= 0.6 is 0 Å². The highest BCUT2D eigenvalue weighted by atomic mass is 16.2. The number of hydrogen-bond donors (Lipinski definition) is 1.